The first kappa shape index (κ1) is 11.8. The molecule has 0 aromatic heterocycles. The van der Waals surface area contributed by atoms with Gasteiger partial charge in [-0.1, -0.05) is 19.8 Å². The minimum atomic E-state index is -1.96. The lowest BCUT2D eigenvalue weighted by molar-refractivity contribution is -0.156. The Kier molecular flexibility index (Phi) is 5.41. The second-order valence-corrected chi connectivity index (χ2v) is 3.17. The van der Waals surface area contributed by atoms with Crippen LogP contribution in [0.2, 0.25) is 0 Å². The molecule has 0 heterocycles. The van der Waals surface area contributed by atoms with Crippen molar-refractivity contribution < 1.29 is 15.3 Å². The topological polar surface area (TPSA) is 86.7 Å². The Labute approximate surface area is 73.0 Å². The Bertz CT molecular complexity index is 105. The summed E-state index contributed by atoms with van der Waals surface area (Å²) < 4.78 is 0. The zero-order valence-electron chi connectivity index (χ0n) is 7.53. The van der Waals surface area contributed by atoms with Crippen molar-refractivity contribution in [3.63, 3.8) is 0 Å². The van der Waals surface area contributed by atoms with Gasteiger partial charge in [-0.05, 0) is 12.8 Å². The molecule has 1 aliphatic rings. The van der Waals surface area contributed by atoms with Crippen LogP contribution >= 0.6 is 0 Å². The quantitative estimate of drug-likeness (QED) is 0.422. The molecule has 0 atom stereocenters. The summed E-state index contributed by atoms with van der Waals surface area (Å²) in [5.74, 6) is -1.96. The van der Waals surface area contributed by atoms with Gasteiger partial charge in [-0.25, -0.2) is 0 Å². The van der Waals surface area contributed by atoms with Gasteiger partial charge in [0.2, 0.25) is 5.91 Å². The Balaban J connectivity index is 0.000000202. The van der Waals surface area contributed by atoms with Crippen LogP contribution in [0.25, 0.3) is 0 Å². The summed E-state index contributed by atoms with van der Waals surface area (Å²) in [4.78, 5) is 0. The number of aliphatic hydroxyl groups excluding tert-OH is 1. The molecule has 0 unspecified atom stereocenters. The molecule has 0 spiro atoms. The standard InChI is InChI=1S/C5H10O.C3H9NO2/c6-5-3-1-2-4-5;1-2-3(4,5)6/h5-6H,1-4H2;5-6H,2,4H2,1H3. The third kappa shape index (κ3) is 7.94. The zero-order valence-corrected chi connectivity index (χ0v) is 7.53. The summed E-state index contributed by atoms with van der Waals surface area (Å²) in [7, 11) is 0. The van der Waals surface area contributed by atoms with E-state index in [1.54, 1.807) is 6.92 Å². The molecule has 0 aromatic rings. The minimum Gasteiger partial charge on any atom is -0.393 e. The Morgan fingerprint density at radius 1 is 1.33 bits per heavy atom. The van der Waals surface area contributed by atoms with E-state index in [1.807, 2.05) is 0 Å². The SMILES string of the molecule is CCC(N)(O)O.OC1CCCC1. The molecule has 0 aromatic carbocycles. The average Bonchev–Trinajstić information content (AvgIpc) is 2.39. The van der Waals surface area contributed by atoms with Crippen LogP contribution in [0.3, 0.4) is 0 Å². The van der Waals surface area contributed by atoms with Crippen LogP contribution in [-0.2, 0) is 0 Å². The normalized spacial score (nSPS) is 18.8. The minimum absolute atomic E-state index is 0.0463. The number of hydrogen-bond donors (Lipinski definition) is 4. The van der Waals surface area contributed by atoms with Crippen molar-refractivity contribution in [2.45, 2.75) is 51.0 Å². The molecule has 0 aliphatic heterocycles. The van der Waals surface area contributed by atoms with Crippen molar-refractivity contribution in [3.8, 4) is 0 Å². The summed E-state index contributed by atoms with van der Waals surface area (Å²) in [5, 5.41) is 25.0. The highest BCUT2D eigenvalue weighted by Gasteiger charge is 2.09. The summed E-state index contributed by atoms with van der Waals surface area (Å²) in [6, 6.07) is 0. The second kappa shape index (κ2) is 5.48. The molecule has 5 N–H and O–H groups in total. The van der Waals surface area contributed by atoms with Gasteiger partial charge in [0.05, 0.1) is 6.10 Å². The molecule has 0 amide bonds. The lowest BCUT2D eigenvalue weighted by Gasteiger charge is -2.10. The largest absolute Gasteiger partial charge is 0.393 e. The molecule has 0 saturated heterocycles. The zero-order chi connectivity index (χ0) is 9.61. The summed E-state index contributed by atoms with van der Waals surface area (Å²) in [5.41, 5.74) is 4.65. The fourth-order valence-electron chi connectivity index (χ4n) is 0.904. The van der Waals surface area contributed by atoms with Gasteiger partial charge in [0.25, 0.3) is 0 Å². The van der Waals surface area contributed by atoms with E-state index < -0.39 is 5.91 Å². The monoisotopic (exact) mass is 177 g/mol. The van der Waals surface area contributed by atoms with Gasteiger partial charge in [0.1, 0.15) is 0 Å². The summed E-state index contributed by atoms with van der Waals surface area (Å²) in [6.07, 6.45) is 4.76. The second-order valence-electron chi connectivity index (χ2n) is 3.17. The fraction of sp³-hybridized carbons (Fsp3) is 1.00. The van der Waals surface area contributed by atoms with E-state index in [0.717, 1.165) is 12.8 Å². The van der Waals surface area contributed by atoms with Crippen molar-refractivity contribution in [2.75, 3.05) is 0 Å². The highest BCUT2D eigenvalue weighted by atomic mass is 16.5. The fourth-order valence-corrected chi connectivity index (χ4v) is 0.904. The van der Waals surface area contributed by atoms with Crippen LogP contribution in [0.4, 0.5) is 0 Å². The molecule has 4 nitrogen and oxygen atoms in total. The van der Waals surface area contributed by atoms with Gasteiger partial charge in [-0.15, -0.1) is 0 Å². The van der Waals surface area contributed by atoms with E-state index >= 15 is 0 Å². The number of rotatable bonds is 1. The Morgan fingerprint density at radius 2 is 1.67 bits per heavy atom. The van der Waals surface area contributed by atoms with Crippen LogP contribution < -0.4 is 5.73 Å². The summed E-state index contributed by atoms with van der Waals surface area (Å²) in [6.45, 7) is 1.58. The van der Waals surface area contributed by atoms with Gasteiger partial charge in [-0.3, -0.25) is 5.73 Å². The maximum absolute atomic E-state index is 8.73. The van der Waals surface area contributed by atoms with Gasteiger partial charge in [0, 0.05) is 6.42 Å². The van der Waals surface area contributed by atoms with E-state index in [4.69, 9.17) is 15.3 Å². The van der Waals surface area contributed by atoms with E-state index in [9.17, 15) is 0 Å². The van der Waals surface area contributed by atoms with E-state index in [1.165, 1.54) is 12.8 Å². The van der Waals surface area contributed by atoms with E-state index in [0.29, 0.717) is 0 Å². The third-order valence-electron chi connectivity index (χ3n) is 1.85. The lowest BCUT2D eigenvalue weighted by Crippen LogP contribution is -2.37. The maximum Gasteiger partial charge on any atom is 0.219 e. The van der Waals surface area contributed by atoms with Crippen LogP contribution in [0.5, 0.6) is 0 Å². The maximum atomic E-state index is 8.73. The van der Waals surface area contributed by atoms with E-state index in [2.05, 4.69) is 5.73 Å². The van der Waals surface area contributed by atoms with Crippen molar-refractivity contribution in [1.29, 1.82) is 0 Å². The highest BCUT2D eigenvalue weighted by Crippen LogP contribution is 2.16. The van der Waals surface area contributed by atoms with Crippen molar-refractivity contribution in [1.82, 2.24) is 0 Å². The lowest BCUT2D eigenvalue weighted by atomic mass is 10.3. The first-order valence-electron chi connectivity index (χ1n) is 4.37. The molecule has 4 heteroatoms. The predicted octanol–water partition coefficient (Wildman–Crippen LogP) is -0.0852. The number of aliphatic hydroxyl groups is 3. The Morgan fingerprint density at radius 3 is 1.75 bits per heavy atom. The molecule has 1 aliphatic carbocycles. The predicted molar refractivity (Wildman–Crippen MR) is 46.1 cm³/mol. The molecule has 1 rings (SSSR count). The van der Waals surface area contributed by atoms with Gasteiger partial charge >= 0.3 is 0 Å². The van der Waals surface area contributed by atoms with Gasteiger partial charge < -0.3 is 15.3 Å². The van der Waals surface area contributed by atoms with Crippen molar-refractivity contribution in [3.05, 3.63) is 0 Å². The Hall–Kier alpha value is -0.160. The first-order chi connectivity index (χ1) is 5.45. The van der Waals surface area contributed by atoms with Crippen LogP contribution in [-0.4, -0.2) is 27.3 Å². The molecule has 0 bridgehead atoms. The van der Waals surface area contributed by atoms with Crippen molar-refractivity contribution >= 4 is 0 Å². The van der Waals surface area contributed by atoms with Crippen LogP contribution in [0, 0.1) is 0 Å². The van der Waals surface area contributed by atoms with Crippen LogP contribution in [0.1, 0.15) is 39.0 Å². The highest BCUT2D eigenvalue weighted by molar-refractivity contribution is 4.63. The molecule has 0 radical (unpaired) electrons. The van der Waals surface area contributed by atoms with Crippen LogP contribution in [0.15, 0.2) is 0 Å². The molecule has 74 valence electrons. The molecule has 1 saturated carbocycles. The number of nitrogens with two attached hydrogens (primary N) is 1. The van der Waals surface area contributed by atoms with Gasteiger partial charge in [-0.2, -0.15) is 0 Å². The number of hydrogen-bond acceptors (Lipinski definition) is 4. The van der Waals surface area contributed by atoms with Gasteiger partial charge in [0.15, 0.2) is 0 Å². The smallest absolute Gasteiger partial charge is 0.219 e. The summed E-state index contributed by atoms with van der Waals surface area (Å²) >= 11 is 0. The van der Waals surface area contributed by atoms with Crippen molar-refractivity contribution in [2.24, 2.45) is 5.73 Å². The molecule has 1 fully saturated rings. The molecule has 12 heavy (non-hydrogen) atoms. The van der Waals surface area contributed by atoms with E-state index in [-0.39, 0.29) is 12.5 Å². The first-order valence-corrected chi connectivity index (χ1v) is 4.37. The third-order valence-corrected chi connectivity index (χ3v) is 1.85. The molecular formula is C8H19NO3. The molecular weight excluding hydrogens is 158 g/mol. The average molecular weight is 177 g/mol.